The van der Waals surface area contributed by atoms with Crippen LogP contribution in [0.2, 0.25) is 0 Å². The Bertz CT molecular complexity index is 353. The third-order valence-electron chi connectivity index (χ3n) is 1.74. The lowest BCUT2D eigenvalue weighted by atomic mass is 10.2. The third kappa shape index (κ3) is 3.59. The molecule has 5 heteroatoms. The Hall–Kier alpha value is -1.55. The van der Waals surface area contributed by atoms with E-state index in [9.17, 15) is 9.59 Å². The first-order valence-corrected chi connectivity index (χ1v) is 4.63. The molecule has 0 aliphatic heterocycles. The molecule has 4 nitrogen and oxygen atoms in total. The fourth-order valence-electron chi connectivity index (χ4n) is 0.888. The lowest BCUT2D eigenvalue weighted by Gasteiger charge is -2.11. The molecule has 0 radical (unpaired) electrons. The first-order chi connectivity index (χ1) is 7.11. The molecule has 0 aliphatic carbocycles. The van der Waals surface area contributed by atoms with E-state index in [4.69, 9.17) is 16.3 Å². The van der Waals surface area contributed by atoms with Crippen LogP contribution in [0.4, 0.5) is 9.59 Å². The van der Waals surface area contributed by atoms with Crippen LogP contribution in [0.5, 0.6) is 0 Å². The van der Waals surface area contributed by atoms with E-state index in [1.165, 1.54) is 7.05 Å². The van der Waals surface area contributed by atoms with Crippen LogP contribution in [0, 0.1) is 0 Å². The number of ether oxygens (including phenoxy) is 1. The molecule has 1 aromatic carbocycles. The van der Waals surface area contributed by atoms with Crippen molar-refractivity contribution in [3.63, 3.8) is 0 Å². The van der Waals surface area contributed by atoms with E-state index < -0.39 is 11.5 Å². The quantitative estimate of drug-likeness (QED) is 0.576. The van der Waals surface area contributed by atoms with Crippen molar-refractivity contribution in [2.75, 3.05) is 7.05 Å². The second kappa shape index (κ2) is 5.36. The molecule has 0 N–H and O–H groups in total. The van der Waals surface area contributed by atoms with E-state index in [1.54, 1.807) is 0 Å². The molecule has 0 bridgehead atoms. The van der Waals surface area contributed by atoms with Crippen molar-refractivity contribution in [1.29, 1.82) is 0 Å². The van der Waals surface area contributed by atoms with Crippen molar-refractivity contribution in [2.45, 2.75) is 6.61 Å². The maximum absolute atomic E-state index is 11.2. The lowest BCUT2D eigenvalue weighted by Crippen LogP contribution is -2.29. The SMILES string of the molecule is CN(C(=O)Cl)C(=O)OCc1ccccc1. The van der Waals surface area contributed by atoms with Crippen molar-refractivity contribution in [3.8, 4) is 0 Å². The van der Waals surface area contributed by atoms with Gasteiger partial charge in [-0.1, -0.05) is 30.3 Å². The van der Waals surface area contributed by atoms with Crippen LogP contribution in [0.15, 0.2) is 30.3 Å². The van der Waals surface area contributed by atoms with Crippen LogP contribution < -0.4 is 0 Å². The van der Waals surface area contributed by atoms with Gasteiger partial charge in [-0.25, -0.2) is 9.69 Å². The van der Waals surface area contributed by atoms with E-state index in [0.29, 0.717) is 4.90 Å². The maximum atomic E-state index is 11.2. The van der Waals surface area contributed by atoms with Gasteiger partial charge < -0.3 is 4.74 Å². The van der Waals surface area contributed by atoms with Gasteiger partial charge in [-0.15, -0.1) is 0 Å². The van der Waals surface area contributed by atoms with Crippen molar-refractivity contribution in [3.05, 3.63) is 35.9 Å². The van der Waals surface area contributed by atoms with Crippen LogP contribution in [0.25, 0.3) is 0 Å². The summed E-state index contributed by atoms with van der Waals surface area (Å²) in [6, 6.07) is 9.16. The highest BCUT2D eigenvalue weighted by Gasteiger charge is 2.15. The van der Waals surface area contributed by atoms with Gasteiger partial charge in [-0.2, -0.15) is 0 Å². The molecular weight excluding hydrogens is 218 g/mol. The zero-order chi connectivity index (χ0) is 11.3. The van der Waals surface area contributed by atoms with E-state index in [1.807, 2.05) is 30.3 Å². The fourth-order valence-corrected chi connectivity index (χ4v) is 0.957. The van der Waals surface area contributed by atoms with Crippen molar-refractivity contribution >= 4 is 23.1 Å². The number of rotatable bonds is 2. The lowest BCUT2D eigenvalue weighted by molar-refractivity contribution is 0.115. The second-order valence-electron chi connectivity index (χ2n) is 2.85. The molecule has 1 rings (SSSR count). The number of imide groups is 1. The Kier molecular flexibility index (Phi) is 4.12. The Morgan fingerprint density at radius 3 is 2.47 bits per heavy atom. The monoisotopic (exact) mass is 227 g/mol. The van der Waals surface area contributed by atoms with E-state index in [2.05, 4.69) is 0 Å². The molecule has 0 aliphatic rings. The molecule has 80 valence electrons. The van der Waals surface area contributed by atoms with Crippen LogP contribution in [0.1, 0.15) is 5.56 Å². The maximum Gasteiger partial charge on any atom is 0.417 e. The second-order valence-corrected chi connectivity index (χ2v) is 3.18. The minimum atomic E-state index is -0.868. The van der Waals surface area contributed by atoms with Crippen LogP contribution in [-0.2, 0) is 11.3 Å². The standard InChI is InChI=1S/C10H10ClNO3/c1-12(9(11)13)10(14)15-7-8-5-3-2-4-6-8/h2-6H,7H2,1H3. The molecule has 0 saturated carbocycles. The fraction of sp³-hybridized carbons (Fsp3) is 0.200. The molecule has 0 spiro atoms. The van der Waals surface area contributed by atoms with Crippen molar-refractivity contribution < 1.29 is 14.3 Å². The summed E-state index contributed by atoms with van der Waals surface area (Å²) in [7, 11) is 1.25. The molecule has 0 fully saturated rings. The summed E-state index contributed by atoms with van der Waals surface area (Å²) in [6.07, 6.45) is -0.765. The number of benzene rings is 1. The summed E-state index contributed by atoms with van der Waals surface area (Å²) < 4.78 is 4.83. The highest BCUT2D eigenvalue weighted by molar-refractivity contribution is 6.63. The van der Waals surface area contributed by atoms with Gasteiger partial charge in [0.05, 0.1) is 0 Å². The van der Waals surface area contributed by atoms with Gasteiger partial charge in [0.15, 0.2) is 0 Å². The van der Waals surface area contributed by atoms with Crippen LogP contribution in [-0.4, -0.2) is 23.4 Å². The molecular formula is C10H10ClNO3. The summed E-state index contributed by atoms with van der Waals surface area (Å²) in [4.78, 5) is 22.4. The van der Waals surface area contributed by atoms with Gasteiger partial charge in [0.25, 0.3) is 0 Å². The van der Waals surface area contributed by atoms with E-state index >= 15 is 0 Å². The Balaban J connectivity index is 2.44. The Morgan fingerprint density at radius 2 is 1.93 bits per heavy atom. The molecule has 0 heterocycles. The zero-order valence-electron chi connectivity index (χ0n) is 8.14. The molecule has 2 amide bonds. The highest BCUT2D eigenvalue weighted by Crippen LogP contribution is 2.03. The average Bonchev–Trinajstić information content (AvgIpc) is 2.26. The topological polar surface area (TPSA) is 46.6 Å². The van der Waals surface area contributed by atoms with Gasteiger partial charge in [-0.05, 0) is 17.2 Å². The van der Waals surface area contributed by atoms with Crippen molar-refractivity contribution in [1.82, 2.24) is 4.90 Å². The Labute approximate surface area is 92.4 Å². The molecule has 0 atom stereocenters. The number of amides is 2. The average molecular weight is 228 g/mol. The summed E-state index contributed by atoms with van der Waals surface area (Å²) in [6.45, 7) is 0.119. The summed E-state index contributed by atoms with van der Waals surface area (Å²) in [5, 5.41) is -0.868. The predicted octanol–water partition coefficient (Wildman–Crippen LogP) is 2.61. The number of carbonyl (C=O) groups is 2. The van der Waals surface area contributed by atoms with Gasteiger partial charge in [0.1, 0.15) is 6.61 Å². The number of hydrogen-bond acceptors (Lipinski definition) is 3. The molecule has 1 aromatic rings. The summed E-state index contributed by atoms with van der Waals surface area (Å²) in [5.41, 5.74) is 0.848. The molecule has 0 unspecified atom stereocenters. The summed E-state index contributed by atoms with van der Waals surface area (Å²) >= 11 is 5.09. The smallest absolute Gasteiger partial charge is 0.417 e. The van der Waals surface area contributed by atoms with Crippen molar-refractivity contribution in [2.24, 2.45) is 0 Å². The van der Waals surface area contributed by atoms with Crippen LogP contribution >= 0.6 is 11.6 Å². The van der Waals surface area contributed by atoms with Gasteiger partial charge in [0, 0.05) is 7.05 Å². The normalized spacial score (nSPS) is 9.47. The number of nitrogens with zero attached hydrogens (tertiary/aromatic N) is 1. The largest absolute Gasteiger partial charge is 0.444 e. The number of halogens is 1. The van der Waals surface area contributed by atoms with E-state index in [-0.39, 0.29) is 6.61 Å². The predicted molar refractivity (Wildman–Crippen MR) is 55.6 cm³/mol. The third-order valence-corrected chi connectivity index (χ3v) is 2.00. The van der Waals surface area contributed by atoms with E-state index in [0.717, 1.165) is 5.56 Å². The zero-order valence-corrected chi connectivity index (χ0v) is 8.90. The minimum absolute atomic E-state index is 0.119. The van der Waals surface area contributed by atoms with Gasteiger partial charge in [0.2, 0.25) is 0 Å². The number of hydrogen-bond donors (Lipinski definition) is 0. The van der Waals surface area contributed by atoms with Crippen LogP contribution in [0.3, 0.4) is 0 Å². The van der Waals surface area contributed by atoms with Gasteiger partial charge in [-0.3, -0.25) is 4.79 Å². The summed E-state index contributed by atoms with van der Waals surface area (Å²) in [5.74, 6) is 0. The first kappa shape index (κ1) is 11.5. The number of carbonyl (C=O) groups excluding carboxylic acids is 2. The molecule has 0 aromatic heterocycles. The minimum Gasteiger partial charge on any atom is -0.444 e. The highest BCUT2D eigenvalue weighted by atomic mass is 35.5. The van der Waals surface area contributed by atoms with Gasteiger partial charge >= 0.3 is 11.5 Å². The first-order valence-electron chi connectivity index (χ1n) is 4.25. The molecule has 0 saturated heterocycles. The Morgan fingerprint density at radius 1 is 1.33 bits per heavy atom. The molecule has 15 heavy (non-hydrogen) atoms.